The third-order valence-electron chi connectivity index (χ3n) is 5.90. The Morgan fingerprint density at radius 1 is 1.30 bits per heavy atom. The number of likely N-dealkylation sites (tertiary alicyclic amines) is 1. The molecule has 0 radical (unpaired) electrons. The minimum Gasteiger partial charge on any atom is -0.493 e. The SMILES string of the molecule is CC1CCN(Cc2ccc3nc(NC(=O)N=Nc4c(O)[nH]c5ccc(F)cc45)sc3c2)CC1. The molecule has 5 rings (SSSR count). The number of urea groups is 1. The van der Waals surface area contributed by atoms with Crippen LogP contribution in [-0.4, -0.2) is 39.1 Å². The summed E-state index contributed by atoms with van der Waals surface area (Å²) in [6, 6.07) is 9.37. The Bertz CT molecular complexity index is 1360. The number of hydrogen-bond acceptors (Lipinski definition) is 6. The van der Waals surface area contributed by atoms with Gasteiger partial charge in [-0.2, -0.15) is 0 Å². The molecule has 0 saturated carbocycles. The Morgan fingerprint density at radius 2 is 2.12 bits per heavy atom. The quantitative estimate of drug-likeness (QED) is 0.313. The summed E-state index contributed by atoms with van der Waals surface area (Å²) in [5.41, 5.74) is 2.51. The lowest BCUT2D eigenvalue weighted by Crippen LogP contribution is -2.32. The second-order valence-corrected chi connectivity index (χ2v) is 9.45. The molecule has 10 heteroatoms. The van der Waals surface area contributed by atoms with Gasteiger partial charge in [-0.3, -0.25) is 10.2 Å². The van der Waals surface area contributed by atoms with Crippen molar-refractivity contribution in [1.82, 2.24) is 14.9 Å². The molecule has 33 heavy (non-hydrogen) atoms. The Labute approximate surface area is 193 Å². The topological polar surface area (TPSA) is 106 Å². The van der Waals surface area contributed by atoms with E-state index in [1.165, 1.54) is 47.9 Å². The van der Waals surface area contributed by atoms with Gasteiger partial charge in [0.05, 0.1) is 15.7 Å². The molecule has 8 nitrogen and oxygen atoms in total. The van der Waals surface area contributed by atoms with E-state index in [2.05, 4.69) is 49.5 Å². The third-order valence-corrected chi connectivity index (χ3v) is 6.84. The summed E-state index contributed by atoms with van der Waals surface area (Å²) < 4.78 is 14.5. The number of carbonyl (C=O) groups excluding carboxylic acids is 1. The van der Waals surface area contributed by atoms with E-state index in [1.54, 1.807) is 0 Å². The molecular weight excluding hydrogens is 443 g/mol. The second-order valence-electron chi connectivity index (χ2n) is 8.42. The van der Waals surface area contributed by atoms with Gasteiger partial charge in [-0.15, -0.1) is 5.11 Å². The third kappa shape index (κ3) is 4.71. The highest BCUT2D eigenvalue weighted by Crippen LogP contribution is 2.36. The molecule has 3 N–H and O–H groups in total. The Morgan fingerprint density at radius 3 is 2.94 bits per heavy atom. The maximum atomic E-state index is 13.5. The number of amides is 2. The number of H-pyrrole nitrogens is 1. The number of azo groups is 1. The van der Waals surface area contributed by atoms with Crippen LogP contribution in [0.4, 0.5) is 20.0 Å². The van der Waals surface area contributed by atoms with Gasteiger partial charge in [-0.05, 0) is 67.7 Å². The van der Waals surface area contributed by atoms with E-state index in [4.69, 9.17) is 0 Å². The molecule has 170 valence electrons. The number of fused-ring (bicyclic) bond motifs is 2. The normalized spacial score (nSPS) is 15.7. The van der Waals surface area contributed by atoms with Gasteiger partial charge in [0.1, 0.15) is 5.82 Å². The zero-order chi connectivity index (χ0) is 22.9. The number of halogens is 1. The number of hydrogen-bond donors (Lipinski definition) is 3. The van der Waals surface area contributed by atoms with Gasteiger partial charge < -0.3 is 10.1 Å². The van der Waals surface area contributed by atoms with Crippen molar-refractivity contribution < 1.29 is 14.3 Å². The van der Waals surface area contributed by atoms with E-state index in [0.29, 0.717) is 16.0 Å². The summed E-state index contributed by atoms with van der Waals surface area (Å²) in [7, 11) is 0. The van der Waals surface area contributed by atoms with Crippen molar-refractivity contribution in [2.45, 2.75) is 26.3 Å². The van der Waals surface area contributed by atoms with Crippen LogP contribution in [0.25, 0.3) is 21.1 Å². The molecule has 1 aliphatic rings. The Kier molecular flexibility index (Phi) is 5.77. The van der Waals surface area contributed by atoms with Crippen molar-refractivity contribution in [3.63, 3.8) is 0 Å². The molecule has 1 saturated heterocycles. The van der Waals surface area contributed by atoms with Crippen molar-refractivity contribution in [2.24, 2.45) is 16.1 Å². The maximum Gasteiger partial charge on any atom is 0.365 e. The van der Waals surface area contributed by atoms with E-state index < -0.39 is 11.8 Å². The summed E-state index contributed by atoms with van der Waals surface area (Å²) in [5.74, 6) is 0.0311. The van der Waals surface area contributed by atoms with Gasteiger partial charge in [0.25, 0.3) is 0 Å². The highest BCUT2D eigenvalue weighted by Gasteiger charge is 2.16. The fourth-order valence-electron chi connectivity index (χ4n) is 4.05. The summed E-state index contributed by atoms with van der Waals surface area (Å²) >= 11 is 1.36. The van der Waals surface area contributed by atoms with Crippen LogP contribution in [-0.2, 0) is 6.54 Å². The molecule has 4 aromatic rings. The van der Waals surface area contributed by atoms with E-state index in [1.807, 2.05) is 6.07 Å². The standard InChI is InChI=1S/C23H23FN6O2S/c1-13-6-8-30(9-7-13)12-14-2-4-18-19(10-14)33-23(26-18)27-22(32)29-28-20-16-11-15(24)3-5-17(16)25-21(20)31/h2-5,10-11,13,25,31H,6-9,12H2,1H3,(H,26,27,32). The van der Waals surface area contributed by atoms with Crippen molar-refractivity contribution in [1.29, 1.82) is 0 Å². The number of piperidine rings is 1. The van der Waals surface area contributed by atoms with Crippen LogP contribution in [0.3, 0.4) is 0 Å². The number of aromatic amines is 1. The number of anilines is 1. The lowest BCUT2D eigenvalue weighted by atomic mass is 9.99. The van der Waals surface area contributed by atoms with Crippen LogP contribution in [0.1, 0.15) is 25.3 Å². The van der Waals surface area contributed by atoms with Crippen molar-refractivity contribution in [3.05, 3.63) is 47.8 Å². The Balaban J connectivity index is 1.27. The van der Waals surface area contributed by atoms with E-state index in [9.17, 15) is 14.3 Å². The predicted molar refractivity (Wildman–Crippen MR) is 127 cm³/mol. The summed E-state index contributed by atoms with van der Waals surface area (Å²) in [4.78, 5) is 21.9. The predicted octanol–water partition coefficient (Wildman–Crippen LogP) is 6.17. The number of aromatic nitrogens is 2. The smallest absolute Gasteiger partial charge is 0.365 e. The number of thiazole rings is 1. The number of nitrogens with one attached hydrogen (secondary N) is 2. The van der Waals surface area contributed by atoms with Crippen LogP contribution in [0, 0.1) is 11.7 Å². The first-order valence-corrected chi connectivity index (χ1v) is 11.6. The van der Waals surface area contributed by atoms with Gasteiger partial charge in [-0.25, -0.2) is 14.2 Å². The zero-order valence-corrected chi connectivity index (χ0v) is 18.8. The van der Waals surface area contributed by atoms with Crippen LogP contribution in [0.15, 0.2) is 46.6 Å². The fourth-order valence-corrected chi connectivity index (χ4v) is 4.97. The van der Waals surface area contributed by atoms with Gasteiger partial charge in [-0.1, -0.05) is 29.4 Å². The zero-order valence-electron chi connectivity index (χ0n) is 18.0. The van der Waals surface area contributed by atoms with Gasteiger partial charge >= 0.3 is 6.03 Å². The number of nitrogens with zero attached hydrogens (tertiary/aromatic N) is 4. The highest BCUT2D eigenvalue weighted by atomic mass is 32.1. The molecule has 2 amide bonds. The summed E-state index contributed by atoms with van der Waals surface area (Å²) in [6.45, 7) is 5.45. The van der Waals surface area contributed by atoms with Crippen LogP contribution in [0.5, 0.6) is 5.88 Å². The first-order valence-electron chi connectivity index (χ1n) is 10.8. The first kappa shape index (κ1) is 21.5. The average molecular weight is 467 g/mol. The van der Waals surface area contributed by atoms with Gasteiger partial charge in [0, 0.05) is 11.9 Å². The lowest BCUT2D eigenvalue weighted by Gasteiger charge is -2.30. The fraction of sp³-hybridized carbons (Fsp3) is 0.304. The Hall–Kier alpha value is -3.37. The van der Waals surface area contributed by atoms with Crippen molar-refractivity contribution in [2.75, 3.05) is 18.4 Å². The molecule has 0 aliphatic carbocycles. The van der Waals surface area contributed by atoms with E-state index in [0.717, 1.165) is 35.8 Å². The molecule has 0 unspecified atom stereocenters. The molecule has 3 heterocycles. The first-order chi connectivity index (χ1) is 15.9. The van der Waals surface area contributed by atoms with Crippen LogP contribution >= 0.6 is 11.3 Å². The largest absolute Gasteiger partial charge is 0.493 e. The summed E-state index contributed by atoms with van der Waals surface area (Å²) in [6.07, 6.45) is 2.47. The number of carbonyl (C=O) groups is 1. The minimum atomic E-state index is -0.734. The van der Waals surface area contributed by atoms with Gasteiger partial charge in [0.15, 0.2) is 10.8 Å². The van der Waals surface area contributed by atoms with Gasteiger partial charge in [0.2, 0.25) is 5.88 Å². The van der Waals surface area contributed by atoms with E-state index >= 15 is 0 Å². The van der Waals surface area contributed by atoms with Crippen molar-refractivity contribution >= 4 is 49.3 Å². The molecule has 1 aliphatic heterocycles. The highest BCUT2D eigenvalue weighted by molar-refractivity contribution is 7.22. The lowest BCUT2D eigenvalue weighted by molar-refractivity contribution is 0.185. The molecule has 2 aromatic carbocycles. The van der Waals surface area contributed by atoms with Crippen LogP contribution < -0.4 is 5.32 Å². The molecule has 0 bridgehead atoms. The second kappa shape index (κ2) is 8.87. The molecule has 0 atom stereocenters. The molecule has 1 fully saturated rings. The van der Waals surface area contributed by atoms with Crippen LogP contribution in [0.2, 0.25) is 0 Å². The molecule has 2 aromatic heterocycles. The van der Waals surface area contributed by atoms with Crippen molar-refractivity contribution in [3.8, 4) is 5.88 Å². The average Bonchev–Trinajstić information content (AvgIpc) is 3.32. The number of benzene rings is 2. The molecular formula is C23H23FN6O2S. The molecule has 0 spiro atoms. The summed E-state index contributed by atoms with van der Waals surface area (Å²) in [5, 5.41) is 20.8. The monoisotopic (exact) mass is 466 g/mol. The van der Waals surface area contributed by atoms with E-state index in [-0.39, 0.29) is 11.6 Å². The minimum absolute atomic E-state index is 0.000646. The maximum absolute atomic E-state index is 13.5. The number of rotatable bonds is 4. The number of aromatic hydroxyl groups is 1.